The summed E-state index contributed by atoms with van der Waals surface area (Å²) in [6, 6.07) is 6.91. The Labute approximate surface area is 116 Å². The van der Waals surface area contributed by atoms with Gasteiger partial charge in [-0.25, -0.2) is 0 Å². The number of carbonyl (C=O) groups is 1. The van der Waals surface area contributed by atoms with Crippen LogP contribution in [0.5, 0.6) is 0 Å². The first-order valence-electron chi connectivity index (χ1n) is 6.00. The van der Waals surface area contributed by atoms with Crippen LogP contribution in [0.4, 0.5) is 0 Å². The molecule has 0 saturated heterocycles. The van der Waals surface area contributed by atoms with Crippen LogP contribution in [0.2, 0.25) is 0 Å². The van der Waals surface area contributed by atoms with E-state index in [2.05, 4.69) is 5.32 Å². The van der Waals surface area contributed by atoms with Crippen LogP contribution in [-0.2, 0) is 5.54 Å². The Morgan fingerprint density at radius 1 is 1.37 bits per heavy atom. The number of amides is 1. The number of alkyl halides is 1. The highest BCUT2D eigenvalue weighted by Gasteiger charge is 2.27. The number of hydrogen-bond donors (Lipinski definition) is 1. The maximum absolute atomic E-state index is 12.1. The van der Waals surface area contributed by atoms with E-state index in [9.17, 15) is 4.79 Å². The number of carbonyl (C=O) groups excluding carboxylic acids is 1. The number of furan rings is 2. The van der Waals surface area contributed by atoms with Gasteiger partial charge in [0.1, 0.15) is 11.5 Å². The second-order valence-electron chi connectivity index (χ2n) is 4.87. The van der Waals surface area contributed by atoms with Crippen LogP contribution in [0, 0.1) is 0 Å². The van der Waals surface area contributed by atoms with E-state index in [-0.39, 0.29) is 17.0 Å². The zero-order valence-electron chi connectivity index (χ0n) is 11.1. The van der Waals surface area contributed by atoms with Crippen LogP contribution in [0.15, 0.2) is 39.4 Å². The minimum atomic E-state index is -0.611. The molecule has 1 amide bonds. The Bertz CT molecular complexity index is 555. The van der Waals surface area contributed by atoms with Crippen molar-refractivity contribution in [2.24, 2.45) is 0 Å². The van der Waals surface area contributed by atoms with Gasteiger partial charge in [0.2, 0.25) is 0 Å². The lowest BCUT2D eigenvalue weighted by molar-refractivity contribution is 0.0871. The molecular weight excluding hydrogens is 266 g/mol. The predicted octanol–water partition coefficient (Wildman–Crippen LogP) is 3.84. The van der Waals surface area contributed by atoms with E-state index in [1.807, 2.05) is 19.9 Å². The molecule has 4 nitrogen and oxygen atoms in total. The van der Waals surface area contributed by atoms with Crippen molar-refractivity contribution in [3.05, 3.63) is 47.8 Å². The van der Waals surface area contributed by atoms with Gasteiger partial charge in [0.15, 0.2) is 5.76 Å². The molecule has 0 aromatic carbocycles. The highest BCUT2D eigenvalue weighted by molar-refractivity contribution is 6.20. The molecule has 19 heavy (non-hydrogen) atoms. The summed E-state index contributed by atoms with van der Waals surface area (Å²) < 4.78 is 10.7. The van der Waals surface area contributed by atoms with E-state index < -0.39 is 5.54 Å². The summed E-state index contributed by atoms with van der Waals surface area (Å²) in [5.41, 5.74) is -0.611. The van der Waals surface area contributed by atoms with Gasteiger partial charge < -0.3 is 14.2 Å². The van der Waals surface area contributed by atoms with Crippen molar-refractivity contribution in [3.63, 3.8) is 0 Å². The molecule has 1 atom stereocenters. The van der Waals surface area contributed by atoms with E-state index in [1.165, 1.54) is 0 Å². The summed E-state index contributed by atoms with van der Waals surface area (Å²) in [6.45, 7) is 5.50. The van der Waals surface area contributed by atoms with Crippen molar-refractivity contribution in [3.8, 4) is 0 Å². The van der Waals surface area contributed by atoms with Gasteiger partial charge in [-0.3, -0.25) is 4.79 Å². The lowest BCUT2D eigenvalue weighted by Gasteiger charge is -2.23. The third-order valence-electron chi connectivity index (χ3n) is 2.81. The second kappa shape index (κ2) is 5.13. The molecule has 0 aliphatic heterocycles. The zero-order valence-corrected chi connectivity index (χ0v) is 11.8. The van der Waals surface area contributed by atoms with Crippen molar-refractivity contribution in [2.45, 2.75) is 31.7 Å². The molecular formula is C14H16ClNO3. The summed E-state index contributed by atoms with van der Waals surface area (Å²) in [4.78, 5) is 12.1. The van der Waals surface area contributed by atoms with Gasteiger partial charge in [-0.2, -0.15) is 0 Å². The highest BCUT2D eigenvalue weighted by atomic mass is 35.5. The predicted molar refractivity (Wildman–Crippen MR) is 72.2 cm³/mol. The van der Waals surface area contributed by atoms with Gasteiger partial charge in [-0.15, -0.1) is 11.6 Å². The molecule has 0 aliphatic rings. The van der Waals surface area contributed by atoms with Gasteiger partial charge in [-0.05, 0) is 45.0 Å². The van der Waals surface area contributed by atoms with E-state index in [1.54, 1.807) is 31.4 Å². The molecule has 1 N–H and O–H groups in total. The largest absolute Gasteiger partial charge is 0.467 e. The van der Waals surface area contributed by atoms with Crippen LogP contribution in [-0.4, -0.2) is 5.91 Å². The molecule has 0 radical (unpaired) electrons. The van der Waals surface area contributed by atoms with Crippen LogP contribution >= 0.6 is 11.6 Å². The minimum absolute atomic E-state index is 0.238. The molecule has 0 bridgehead atoms. The molecule has 1 unspecified atom stereocenters. The van der Waals surface area contributed by atoms with Crippen molar-refractivity contribution < 1.29 is 13.6 Å². The Hall–Kier alpha value is -1.68. The van der Waals surface area contributed by atoms with Crippen molar-refractivity contribution >= 4 is 17.5 Å². The Balaban J connectivity index is 2.12. The van der Waals surface area contributed by atoms with E-state index in [4.69, 9.17) is 20.4 Å². The van der Waals surface area contributed by atoms with Gasteiger partial charge >= 0.3 is 0 Å². The summed E-state index contributed by atoms with van der Waals surface area (Å²) in [5, 5.41) is 2.59. The fraction of sp³-hybridized carbons (Fsp3) is 0.357. The monoisotopic (exact) mass is 281 g/mol. The Morgan fingerprint density at radius 2 is 2.11 bits per heavy atom. The smallest absolute Gasteiger partial charge is 0.287 e. The summed E-state index contributed by atoms with van der Waals surface area (Å²) in [5.74, 6) is 1.19. The van der Waals surface area contributed by atoms with Crippen LogP contribution < -0.4 is 5.32 Å². The first kappa shape index (κ1) is 13.7. The number of nitrogens with one attached hydrogen (secondary N) is 1. The average molecular weight is 282 g/mol. The molecule has 5 heteroatoms. The lowest BCUT2D eigenvalue weighted by Crippen LogP contribution is -2.40. The maximum Gasteiger partial charge on any atom is 0.287 e. The summed E-state index contributed by atoms with van der Waals surface area (Å²) >= 11 is 5.90. The summed E-state index contributed by atoms with van der Waals surface area (Å²) in [7, 11) is 0. The number of halogens is 1. The molecule has 0 spiro atoms. The minimum Gasteiger partial charge on any atom is -0.467 e. The zero-order chi connectivity index (χ0) is 14.0. The average Bonchev–Trinajstić information content (AvgIpc) is 3.00. The van der Waals surface area contributed by atoms with Gasteiger partial charge in [0.25, 0.3) is 5.91 Å². The maximum atomic E-state index is 12.1. The quantitative estimate of drug-likeness (QED) is 0.866. The molecule has 2 aromatic heterocycles. The molecule has 2 rings (SSSR count). The second-order valence-corrected chi connectivity index (χ2v) is 5.53. The highest BCUT2D eigenvalue weighted by Crippen LogP contribution is 2.24. The third kappa shape index (κ3) is 3.01. The van der Waals surface area contributed by atoms with E-state index in [0.717, 1.165) is 0 Å². The lowest BCUT2D eigenvalue weighted by atomic mass is 10.0. The van der Waals surface area contributed by atoms with Crippen molar-refractivity contribution in [1.82, 2.24) is 5.32 Å². The standard InChI is InChI=1S/C14H16ClNO3/c1-9(15)10-6-7-11(19-10)13(17)16-14(2,3)12-5-4-8-18-12/h4-9H,1-3H3,(H,16,17). The van der Waals surface area contributed by atoms with Gasteiger partial charge in [0.05, 0.1) is 17.2 Å². The van der Waals surface area contributed by atoms with Crippen LogP contribution in [0.1, 0.15) is 48.2 Å². The first-order chi connectivity index (χ1) is 8.90. The fourth-order valence-corrected chi connectivity index (χ4v) is 1.85. The molecule has 0 aliphatic carbocycles. The van der Waals surface area contributed by atoms with Crippen molar-refractivity contribution in [2.75, 3.05) is 0 Å². The Kier molecular flexibility index (Phi) is 3.71. The number of rotatable bonds is 4. The number of hydrogen-bond acceptors (Lipinski definition) is 3. The normalized spacial score (nSPS) is 13.3. The molecule has 2 heterocycles. The van der Waals surface area contributed by atoms with Gasteiger partial charge in [-0.1, -0.05) is 0 Å². The summed E-state index contributed by atoms with van der Waals surface area (Å²) in [6.07, 6.45) is 1.57. The van der Waals surface area contributed by atoms with Crippen molar-refractivity contribution in [1.29, 1.82) is 0 Å². The third-order valence-corrected chi connectivity index (χ3v) is 3.02. The van der Waals surface area contributed by atoms with Crippen LogP contribution in [0.25, 0.3) is 0 Å². The fourth-order valence-electron chi connectivity index (χ4n) is 1.73. The molecule has 2 aromatic rings. The van der Waals surface area contributed by atoms with Gasteiger partial charge in [0, 0.05) is 0 Å². The van der Waals surface area contributed by atoms with E-state index >= 15 is 0 Å². The van der Waals surface area contributed by atoms with E-state index in [0.29, 0.717) is 11.5 Å². The topological polar surface area (TPSA) is 55.4 Å². The molecule has 0 fully saturated rings. The molecule has 0 saturated carbocycles. The SMILES string of the molecule is CC(Cl)c1ccc(C(=O)NC(C)(C)c2ccco2)o1. The first-order valence-corrected chi connectivity index (χ1v) is 6.44. The van der Waals surface area contributed by atoms with Crippen LogP contribution in [0.3, 0.4) is 0 Å². The Morgan fingerprint density at radius 3 is 2.63 bits per heavy atom. The molecule has 102 valence electrons.